The molecular formula is C27H22N4O5. The second-order valence-corrected chi connectivity index (χ2v) is 8.25. The van der Waals surface area contributed by atoms with Crippen LogP contribution in [0.2, 0.25) is 0 Å². The van der Waals surface area contributed by atoms with E-state index < -0.39 is 17.5 Å². The summed E-state index contributed by atoms with van der Waals surface area (Å²) >= 11 is 0. The number of ether oxygens (including phenoxy) is 1. The van der Waals surface area contributed by atoms with Crippen molar-refractivity contribution in [3.63, 3.8) is 0 Å². The van der Waals surface area contributed by atoms with E-state index in [4.69, 9.17) is 14.1 Å². The number of fused-ring (bicyclic) bond motifs is 2. The van der Waals surface area contributed by atoms with Gasteiger partial charge in [0.15, 0.2) is 11.6 Å². The first kappa shape index (κ1) is 23.0. The molecule has 180 valence electrons. The molecule has 0 radical (unpaired) electrons. The minimum Gasteiger partial charge on any atom is -0.462 e. The summed E-state index contributed by atoms with van der Waals surface area (Å²) in [6.45, 7) is 5.71. The van der Waals surface area contributed by atoms with Crippen LogP contribution >= 0.6 is 0 Å². The molecule has 0 unspecified atom stereocenters. The summed E-state index contributed by atoms with van der Waals surface area (Å²) in [7, 11) is 0. The molecule has 0 atom stereocenters. The summed E-state index contributed by atoms with van der Waals surface area (Å²) in [4.78, 5) is 43.2. The zero-order chi connectivity index (χ0) is 25.4. The zero-order valence-electron chi connectivity index (χ0n) is 19.9. The molecule has 0 bridgehead atoms. The number of nitrogens with zero attached hydrogens (tertiary/aromatic N) is 3. The summed E-state index contributed by atoms with van der Waals surface area (Å²) in [6.07, 6.45) is 1.30. The summed E-state index contributed by atoms with van der Waals surface area (Å²) in [5.41, 5.74) is 2.06. The predicted octanol–water partition coefficient (Wildman–Crippen LogP) is 4.57. The summed E-state index contributed by atoms with van der Waals surface area (Å²) in [6, 6.07) is 16.0. The molecule has 36 heavy (non-hydrogen) atoms. The highest BCUT2D eigenvalue weighted by Crippen LogP contribution is 2.26. The van der Waals surface area contributed by atoms with Crippen LogP contribution < -0.4 is 10.9 Å². The van der Waals surface area contributed by atoms with E-state index in [1.807, 2.05) is 38.1 Å². The monoisotopic (exact) mass is 482 g/mol. The number of carbonyl (C=O) groups excluding carboxylic acids is 2. The van der Waals surface area contributed by atoms with Gasteiger partial charge in [0.2, 0.25) is 0 Å². The lowest BCUT2D eigenvalue weighted by atomic mass is 10.1. The molecule has 5 aromatic rings. The van der Waals surface area contributed by atoms with Crippen LogP contribution in [0.3, 0.4) is 0 Å². The molecule has 0 aliphatic heterocycles. The van der Waals surface area contributed by atoms with Gasteiger partial charge in [0.25, 0.3) is 5.91 Å². The number of benzene rings is 2. The van der Waals surface area contributed by atoms with E-state index in [9.17, 15) is 14.4 Å². The molecule has 0 aliphatic carbocycles. The van der Waals surface area contributed by atoms with Crippen molar-refractivity contribution in [1.29, 1.82) is 0 Å². The van der Waals surface area contributed by atoms with Crippen molar-refractivity contribution >= 4 is 39.6 Å². The van der Waals surface area contributed by atoms with Gasteiger partial charge in [-0.15, -0.1) is 0 Å². The van der Waals surface area contributed by atoms with Crippen LogP contribution in [0.1, 0.15) is 38.8 Å². The number of para-hydroxylation sites is 2. The van der Waals surface area contributed by atoms with Crippen LogP contribution in [0.25, 0.3) is 27.7 Å². The van der Waals surface area contributed by atoms with Gasteiger partial charge in [-0.2, -0.15) is 9.78 Å². The quantitative estimate of drug-likeness (QED) is 0.288. The molecule has 9 nitrogen and oxygen atoms in total. The van der Waals surface area contributed by atoms with Crippen LogP contribution in [0.15, 0.2) is 70.0 Å². The van der Waals surface area contributed by atoms with Crippen LogP contribution in [0.5, 0.6) is 0 Å². The Morgan fingerprint density at radius 3 is 2.64 bits per heavy atom. The van der Waals surface area contributed by atoms with Gasteiger partial charge >= 0.3 is 11.6 Å². The second kappa shape index (κ2) is 9.10. The highest BCUT2D eigenvalue weighted by molar-refractivity contribution is 6.08. The maximum absolute atomic E-state index is 13.2. The van der Waals surface area contributed by atoms with Gasteiger partial charge in [0.1, 0.15) is 16.7 Å². The molecule has 0 saturated carbocycles. The van der Waals surface area contributed by atoms with Gasteiger partial charge in [0.05, 0.1) is 18.3 Å². The van der Waals surface area contributed by atoms with Gasteiger partial charge < -0.3 is 14.5 Å². The fourth-order valence-corrected chi connectivity index (χ4v) is 4.05. The van der Waals surface area contributed by atoms with Gasteiger partial charge in [-0.05, 0) is 50.1 Å². The third-order valence-electron chi connectivity index (χ3n) is 5.83. The Morgan fingerprint density at radius 1 is 1.03 bits per heavy atom. The number of amides is 1. The molecular weight excluding hydrogens is 460 g/mol. The number of anilines is 1. The number of hydrogen-bond donors (Lipinski definition) is 1. The maximum atomic E-state index is 13.2. The van der Waals surface area contributed by atoms with E-state index in [1.165, 1.54) is 16.9 Å². The van der Waals surface area contributed by atoms with Crippen LogP contribution in [0.4, 0.5) is 5.82 Å². The third kappa shape index (κ3) is 4.00. The highest BCUT2D eigenvalue weighted by Gasteiger charge is 2.24. The van der Waals surface area contributed by atoms with Crippen molar-refractivity contribution in [3.8, 4) is 5.82 Å². The van der Waals surface area contributed by atoms with E-state index in [-0.39, 0.29) is 23.6 Å². The Bertz CT molecular complexity index is 1720. The van der Waals surface area contributed by atoms with E-state index in [0.29, 0.717) is 16.8 Å². The maximum Gasteiger partial charge on any atom is 0.349 e. The largest absolute Gasteiger partial charge is 0.462 e. The number of rotatable bonds is 5. The first-order valence-corrected chi connectivity index (χ1v) is 11.3. The standard InChI is InChI=1S/C27H22N4O5/c1-4-35-26(33)20-14-28-31(22-12-16(3)18-10-7-8-15(2)23(18)29-22)24(20)30-25(32)19-13-17-9-5-6-11-21(17)36-27(19)34/h5-14H,4H2,1-3H3,(H,30,32). The number of hydrogen-bond acceptors (Lipinski definition) is 7. The van der Waals surface area contributed by atoms with E-state index in [0.717, 1.165) is 22.0 Å². The van der Waals surface area contributed by atoms with Crippen molar-refractivity contribution in [2.24, 2.45) is 0 Å². The van der Waals surface area contributed by atoms with Crippen molar-refractivity contribution in [2.45, 2.75) is 20.8 Å². The van der Waals surface area contributed by atoms with Gasteiger partial charge in [-0.1, -0.05) is 36.4 Å². The van der Waals surface area contributed by atoms with Gasteiger partial charge in [0, 0.05) is 10.8 Å². The third-order valence-corrected chi connectivity index (χ3v) is 5.83. The minimum atomic E-state index is -0.801. The molecule has 1 N–H and O–H groups in total. The number of nitrogens with one attached hydrogen (secondary N) is 1. The van der Waals surface area contributed by atoms with E-state index >= 15 is 0 Å². The van der Waals surface area contributed by atoms with Crippen LogP contribution in [0, 0.1) is 13.8 Å². The molecule has 0 spiro atoms. The second-order valence-electron chi connectivity index (χ2n) is 8.25. The Balaban J connectivity index is 1.64. The number of carbonyl (C=O) groups is 2. The Hall–Kier alpha value is -4.79. The van der Waals surface area contributed by atoms with E-state index in [2.05, 4.69) is 10.4 Å². The normalized spacial score (nSPS) is 11.1. The lowest BCUT2D eigenvalue weighted by Gasteiger charge is -2.13. The lowest BCUT2D eigenvalue weighted by Crippen LogP contribution is -2.23. The fourth-order valence-electron chi connectivity index (χ4n) is 4.05. The number of aryl methyl sites for hydroxylation is 2. The fraction of sp³-hybridized carbons (Fsp3) is 0.148. The molecule has 0 saturated heterocycles. The van der Waals surface area contributed by atoms with Gasteiger partial charge in [-0.25, -0.2) is 14.6 Å². The molecule has 1 amide bonds. The first-order valence-electron chi connectivity index (χ1n) is 11.3. The van der Waals surface area contributed by atoms with Gasteiger partial charge in [-0.3, -0.25) is 4.79 Å². The number of esters is 1. The van der Waals surface area contributed by atoms with Crippen molar-refractivity contribution in [3.05, 3.63) is 93.5 Å². The smallest absolute Gasteiger partial charge is 0.349 e. The first-order chi connectivity index (χ1) is 17.4. The number of pyridine rings is 1. The Kier molecular flexibility index (Phi) is 5.81. The van der Waals surface area contributed by atoms with Crippen molar-refractivity contribution in [2.75, 3.05) is 11.9 Å². The average Bonchev–Trinajstić information content (AvgIpc) is 3.27. The average molecular weight is 482 g/mol. The lowest BCUT2D eigenvalue weighted by molar-refractivity contribution is 0.0527. The molecule has 9 heteroatoms. The van der Waals surface area contributed by atoms with E-state index in [1.54, 1.807) is 31.2 Å². The zero-order valence-corrected chi connectivity index (χ0v) is 19.9. The Morgan fingerprint density at radius 2 is 1.83 bits per heavy atom. The predicted molar refractivity (Wildman–Crippen MR) is 135 cm³/mol. The molecule has 3 heterocycles. The highest BCUT2D eigenvalue weighted by atomic mass is 16.5. The van der Waals surface area contributed by atoms with Crippen LogP contribution in [-0.2, 0) is 4.74 Å². The Labute approximate surface area is 205 Å². The topological polar surface area (TPSA) is 116 Å². The minimum absolute atomic E-state index is 0.0275. The van der Waals surface area contributed by atoms with Crippen molar-refractivity contribution in [1.82, 2.24) is 14.8 Å². The summed E-state index contributed by atoms with van der Waals surface area (Å²) < 4.78 is 11.8. The van der Waals surface area contributed by atoms with Crippen LogP contribution in [-0.4, -0.2) is 33.2 Å². The molecule has 2 aromatic carbocycles. The molecule has 5 rings (SSSR count). The SMILES string of the molecule is CCOC(=O)c1cnn(-c2cc(C)c3cccc(C)c3n2)c1NC(=O)c1cc2ccccc2oc1=O. The summed E-state index contributed by atoms with van der Waals surface area (Å²) in [5, 5.41) is 8.55. The number of aromatic nitrogens is 3. The van der Waals surface area contributed by atoms with Crippen molar-refractivity contribution < 1.29 is 18.7 Å². The molecule has 3 aromatic heterocycles. The molecule has 0 fully saturated rings. The molecule has 0 aliphatic rings. The summed E-state index contributed by atoms with van der Waals surface area (Å²) in [5.74, 6) is -0.995.